The van der Waals surface area contributed by atoms with E-state index in [1.807, 2.05) is 12.1 Å². The van der Waals surface area contributed by atoms with Crippen LogP contribution in [0.25, 0.3) is 0 Å². The molecule has 1 aromatic carbocycles. The Morgan fingerprint density at radius 2 is 2.13 bits per heavy atom. The number of benzene rings is 1. The third kappa shape index (κ3) is 4.80. The van der Waals surface area contributed by atoms with Crippen LogP contribution in [0.4, 0.5) is 11.4 Å². The Hall–Kier alpha value is -2.91. The highest BCUT2D eigenvalue weighted by atomic mass is 16.5. The highest BCUT2D eigenvalue weighted by molar-refractivity contribution is 5.92. The molecule has 0 aliphatic rings. The molecular formula is C17H18N4O2. The summed E-state index contributed by atoms with van der Waals surface area (Å²) >= 11 is 0. The van der Waals surface area contributed by atoms with E-state index in [0.29, 0.717) is 35.8 Å². The zero-order valence-electron chi connectivity index (χ0n) is 12.9. The number of carbonyl (C=O) groups excluding carboxylic acids is 1. The summed E-state index contributed by atoms with van der Waals surface area (Å²) in [6, 6.07) is 12.7. The average Bonchev–Trinajstić information content (AvgIpc) is 2.59. The summed E-state index contributed by atoms with van der Waals surface area (Å²) in [4.78, 5) is 16.0. The van der Waals surface area contributed by atoms with Gasteiger partial charge in [0.05, 0.1) is 23.1 Å². The zero-order chi connectivity index (χ0) is 16.5. The lowest BCUT2D eigenvalue weighted by Crippen LogP contribution is -2.26. The maximum atomic E-state index is 11.9. The van der Waals surface area contributed by atoms with Crippen molar-refractivity contribution in [1.82, 2.24) is 10.3 Å². The molecule has 1 heterocycles. The van der Waals surface area contributed by atoms with Crippen LogP contribution in [-0.2, 0) is 4.74 Å². The van der Waals surface area contributed by atoms with Crippen molar-refractivity contribution in [2.45, 2.75) is 6.42 Å². The van der Waals surface area contributed by atoms with Gasteiger partial charge < -0.3 is 15.4 Å². The van der Waals surface area contributed by atoms with E-state index in [2.05, 4.69) is 21.7 Å². The Morgan fingerprint density at radius 3 is 2.83 bits per heavy atom. The number of amides is 1. The first-order chi connectivity index (χ1) is 11.2. The van der Waals surface area contributed by atoms with Gasteiger partial charge in [-0.3, -0.25) is 4.79 Å². The van der Waals surface area contributed by atoms with Crippen LogP contribution in [0.3, 0.4) is 0 Å². The fraction of sp³-hybridized carbons (Fsp3) is 0.235. The first kappa shape index (κ1) is 16.5. The van der Waals surface area contributed by atoms with Crippen LogP contribution in [0.1, 0.15) is 22.5 Å². The van der Waals surface area contributed by atoms with Gasteiger partial charge in [-0.2, -0.15) is 5.26 Å². The molecule has 0 saturated heterocycles. The second kappa shape index (κ2) is 8.51. The van der Waals surface area contributed by atoms with Crippen LogP contribution < -0.4 is 10.6 Å². The molecule has 0 atom stereocenters. The maximum Gasteiger partial charge on any atom is 0.269 e. The quantitative estimate of drug-likeness (QED) is 0.767. The Balaban J connectivity index is 1.97. The molecule has 0 unspecified atom stereocenters. The first-order valence-electron chi connectivity index (χ1n) is 7.24. The van der Waals surface area contributed by atoms with E-state index in [-0.39, 0.29) is 5.91 Å². The molecule has 2 rings (SSSR count). The smallest absolute Gasteiger partial charge is 0.269 e. The summed E-state index contributed by atoms with van der Waals surface area (Å²) in [6.45, 7) is 1.15. The number of nitriles is 1. The molecule has 118 valence electrons. The lowest BCUT2D eigenvalue weighted by atomic mass is 10.2. The predicted molar refractivity (Wildman–Crippen MR) is 87.5 cm³/mol. The number of pyridine rings is 1. The van der Waals surface area contributed by atoms with E-state index in [4.69, 9.17) is 10.00 Å². The third-order valence-electron chi connectivity index (χ3n) is 3.13. The number of carbonyl (C=O) groups is 1. The zero-order valence-corrected chi connectivity index (χ0v) is 12.9. The van der Waals surface area contributed by atoms with Crippen LogP contribution in [0, 0.1) is 11.3 Å². The number of rotatable bonds is 7. The molecule has 23 heavy (non-hydrogen) atoms. The largest absolute Gasteiger partial charge is 0.385 e. The van der Waals surface area contributed by atoms with Crippen LogP contribution >= 0.6 is 0 Å². The number of methoxy groups -OCH3 is 1. The van der Waals surface area contributed by atoms with Gasteiger partial charge in [-0.25, -0.2) is 4.98 Å². The molecular weight excluding hydrogens is 292 g/mol. The van der Waals surface area contributed by atoms with E-state index in [1.165, 1.54) is 0 Å². The second-order valence-electron chi connectivity index (χ2n) is 4.82. The van der Waals surface area contributed by atoms with Crippen molar-refractivity contribution in [1.29, 1.82) is 5.26 Å². The van der Waals surface area contributed by atoms with Crippen molar-refractivity contribution in [3.63, 3.8) is 0 Å². The standard InChI is InChI=1S/C17H18N4O2/c1-23-10-4-9-19-17(22)16-8-7-14(12-20-16)21-15-6-3-2-5-13(15)11-18/h2-3,5-8,12,21H,4,9-10H2,1H3,(H,19,22). The molecule has 0 bridgehead atoms. The molecule has 6 heteroatoms. The number of anilines is 2. The van der Waals surface area contributed by atoms with Gasteiger partial charge in [-0.15, -0.1) is 0 Å². The maximum absolute atomic E-state index is 11.9. The van der Waals surface area contributed by atoms with Crippen LogP contribution in [-0.4, -0.2) is 31.2 Å². The first-order valence-corrected chi connectivity index (χ1v) is 7.24. The normalized spacial score (nSPS) is 9.91. The van der Waals surface area contributed by atoms with Crippen molar-refractivity contribution < 1.29 is 9.53 Å². The van der Waals surface area contributed by atoms with Gasteiger partial charge in [0.2, 0.25) is 0 Å². The minimum atomic E-state index is -0.218. The van der Waals surface area contributed by atoms with E-state index in [1.54, 1.807) is 37.6 Å². The van der Waals surface area contributed by atoms with Gasteiger partial charge in [-0.1, -0.05) is 12.1 Å². The van der Waals surface area contributed by atoms with E-state index in [0.717, 1.165) is 6.42 Å². The number of aromatic nitrogens is 1. The van der Waals surface area contributed by atoms with Crippen molar-refractivity contribution in [3.8, 4) is 6.07 Å². The topological polar surface area (TPSA) is 87.0 Å². The lowest BCUT2D eigenvalue weighted by molar-refractivity contribution is 0.0943. The Kier molecular flexibility index (Phi) is 6.09. The van der Waals surface area contributed by atoms with Gasteiger partial charge >= 0.3 is 0 Å². The third-order valence-corrected chi connectivity index (χ3v) is 3.13. The number of hydrogen-bond donors (Lipinski definition) is 2. The highest BCUT2D eigenvalue weighted by Gasteiger charge is 2.07. The van der Waals surface area contributed by atoms with E-state index in [9.17, 15) is 4.79 Å². The number of nitrogens with one attached hydrogen (secondary N) is 2. The van der Waals surface area contributed by atoms with Gasteiger partial charge in [-0.05, 0) is 30.7 Å². The van der Waals surface area contributed by atoms with Crippen molar-refractivity contribution in [3.05, 3.63) is 53.9 Å². The molecule has 2 aromatic rings. The van der Waals surface area contributed by atoms with Crippen LogP contribution in [0.5, 0.6) is 0 Å². The Labute approximate surface area is 135 Å². The molecule has 0 aliphatic heterocycles. The number of hydrogen-bond acceptors (Lipinski definition) is 5. The van der Waals surface area contributed by atoms with Gasteiger partial charge in [0, 0.05) is 20.3 Å². The van der Waals surface area contributed by atoms with Crippen molar-refractivity contribution >= 4 is 17.3 Å². The van der Waals surface area contributed by atoms with Crippen LogP contribution in [0.2, 0.25) is 0 Å². The summed E-state index contributed by atoms with van der Waals surface area (Å²) < 4.78 is 4.92. The molecule has 6 nitrogen and oxygen atoms in total. The fourth-order valence-corrected chi connectivity index (χ4v) is 1.96. The number of nitrogens with zero attached hydrogens (tertiary/aromatic N) is 2. The lowest BCUT2D eigenvalue weighted by Gasteiger charge is -2.08. The predicted octanol–water partition coefficient (Wildman–Crippen LogP) is 2.46. The summed E-state index contributed by atoms with van der Waals surface area (Å²) in [7, 11) is 1.62. The van der Waals surface area contributed by atoms with E-state index < -0.39 is 0 Å². The monoisotopic (exact) mass is 310 g/mol. The average molecular weight is 310 g/mol. The molecule has 2 N–H and O–H groups in total. The fourth-order valence-electron chi connectivity index (χ4n) is 1.96. The number of ether oxygens (including phenoxy) is 1. The molecule has 0 saturated carbocycles. The Morgan fingerprint density at radius 1 is 1.30 bits per heavy atom. The van der Waals surface area contributed by atoms with Crippen molar-refractivity contribution in [2.24, 2.45) is 0 Å². The molecule has 0 aliphatic carbocycles. The van der Waals surface area contributed by atoms with Gasteiger partial charge in [0.25, 0.3) is 5.91 Å². The summed E-state index contributed by atoms with van der Waals surface area (Å²) in [5.41, 5.74) is 2.31. The summed E-state index contributed by atoms with van der Waals surface area (Å²) in [5, 5.41) is 15.0. The molecule has 1 aromatic heterocycles. The van der Waals surface area contributed by atoms with Gasteiger partial charge in [0.15, 0.2) is 0 Å². The summed E-state index contributed by atoms with van der Waals surface area (Å²) in [5.74, 6) is -0.218. The molecule has 0 spiro atoms. The molecule has 1 amide bonds. The number of para-hydroxylation sites is 1. The van der Waals surface area contributed by atoms with Crippen molar-refractivity contribution in [2.75, 3.05) is 25.6 Å². The second-order valence-corrected chi connectivity index (χ2v) is 4.82. The van der Waals surface area contributed by atoms with E-state index >= 15 is 0 Å². The minimum absolute atomic E-state index is 0.218. The summed E-state index contributed by atoms with van der Waals surface area (Å²) in [6.07, 6.45) is 2.32. The van der Waals surface area contributed by atoms with Gasteiger partial charge in [0.1, 0.15) is 11.8 Å². The molecule has 0 radical (unpaired) electrons. The highest BCUT2D eigenvalue weighted by Crippen LogP contribution is 2.19. The minimum Gasteiger partial charge on any atom is -0.385 e. The SMILES string of the molecule is COCCCNC(=O)c1ccc(Nc2ccccc2C#N)cn1. The molecule has 0 fully saturated rings. The Bertz CT molecular complexity index is 692. The van der Waals surface area contributed by atoms with Crippen LogP contribution in [0.15, 0.2) is 42.6 Å².